The van der Waals surface area contributed by atoms with E-state index >= 15 is 0 Å². The van der Waals surface area contributed by atoms with Crippen molar-refractivity contribution in [2.75, 3.05) is 13.2 Å². The van der Waals surface area contributed by atoms with E-state index in [1.165, 1.54) is 0 Å². The monoisotopic (exact) mass is 167 g/mol. The highest BCUT2D eigenvalue weighted by atomic mass is 19.4. The fraction of sp³-hybridized carbons (Fsp3) is 0.833. The maximum atomic E-state index is 11.4. The third-order valence-corrected chi connectivity index (χ3v) is 0.888. The molecule has 0 aromatic heterocycles. The van der Waals surface area contributed by atoms with Gasteiger partial charge in [-0.05, 0) is 0 Å². The van der Waals surface area contributed by atoms with Crippen molar-refractivity contribution >= 4 is 0 Å². The summed E-state index contributed by atoms with van der Waals surface area (Å²) in [7, 11) is 0. The van der Waals surface area contributed by atoms with Crippen LogP contribution < -0.4 is 0 Å². The van der Waals surface area contributed by atoms with Crippen LogP contribution in [0.1, 0.15) is 12.8 Å². The molecule has 0 aromatic carbocycles. The van der Waals surface area contributed by atoms with Crippen LogP contribution in [-0.4, -0.2) is 19.4 Å². The normalized spacial score (nSPS) is 11.1. The van der Waals surface area contributed by atoms with Gasteiger partial charge in [-0.2, -0.15) is 18.4 Å². The van der Waals surface area contributed by atoms with Crippen LogP contribution in [0.2, 0.25) is 0 Å². The second-order valence-corrected chi connectivity index (χ2v) is 1.89. The molecule has 0 atom stereocenters. The highest BCUT2D eigenvalue weighted by Gasteiger charge is 2.26. The van der Waals surface area contributed by atoms with E-state index in [2.05, 4.69) is 4.74 Å². The lowest BCUT2D eigenvalue weighted by molar-refractivity contribution is -0.145. The minimum absolute atomic E-state index is 0.0760. The van der Waals surface area contributed by atoms with Gasteiger partial charge in [-0.3, -0.25) is 0 Å². The van der Waals surface area contributed by atoms with E-state index in [4.69, 9.17) is 5.26 Å². The van der Waals surface area contributed by atoms with Crippen LogP contribution in [0.4, 0.5) is 13.2 Å². The molecule has 0 amide bonds. The molecule has 0 aliphatic carbocycles. The Morgan fingerprint density at radius 3 is 2.36 bits per heavy atom. The Morgan fingerprint density at radius 1 is 1.27 bits per heavy atom. The van der Waals surface area contributed by atoms with Crippen molar-refractivity contribution in [1.29, 1.82) is 5.26 Å². The van der Waals surface area contributed by atoms with E-state index in [-0.39, 0.29) is 19.6 Å². The molecule has 0 N–H and O–H groups in total. The zero-order valence-electron chi connectivity index (χ0n) is 5.82. The maximum Gasteiger partial charge on any atom is 0.391 e. The van der Waals surface area contributed by atoms with Gasteiger partial charge in [0.05, 0.1) is 32.1 Å². The Kier molecular flexibility index (Phi) is 4.62. The van der Waals surface area contributed by atoms with Gasteiger partial charge in [0.15, 0.2) is 0 Å². The van der Waals surface area contributed by atoms with Crippen molar-refractivity contribution in [2.45, 2.75) is 19.0 Å². The van der Waals surface area contributed by atoms with Crippen molar-refractivity contribution in [2.24, 2.45) is 0 Å². The van der Waals surface area contributed by atoms with E-state index in [0.29, 0.717) is 0 Å². The number of hydrogen-bond donors (Lipinski definition) is 0. The third-order valence-electron chi connectivity index (χ3n) is 0.888. The second kappa shape index (κ2) is 4.97. The number of alkyl halides is 3. The molecule has 0 rings (SSSR count). The largest absolute Gasteiger partial charge is 0.391 e. The molecule has 0 bridgehead atoms. The van der Waals surface area contributed by atoms with E-state index in [9.17, 15) is 13.2 Å². The zero-order chi connectivity index (χ0) is 8.74. The molecule has 11 heavy (non-hydrogen) atoms. The van der Waals surface area contributed by atoms with Gasteiger partial charge in [-0.15, -0.1) is 0 Å². The van der Waals surface area contributed by atoms with E-state index in [0.717, 1.165) is 0 Å². The molecule has 5 heteroatoms. The fourth-order valence-electron chi connectivity index (χ4n) is 0.408. The molecule has 0 unspecified atom stereocenters. The molecule has 0 aliphatic heterocycles. The molecular weight excluding hydrogens is 159 g/mol. The number of rotatable bonds is 4. The average molecular weight is 167 g/mol. The van der Waals surface area contributed by atoms with Crippen LogP contribution in [-0.2, 0) is 4.74 Å². The van der Waals surface area contributed by atoms with Gasteiger partial charge in [-0.1, -0.05) is 0 Å². The summed E-state index contributed by atoms with van der Waals surface area (Å²) in [5, 5.41) is 7.97. The third kappa shape index (κ3) is 9.24. The quantitative estimate of drug-likeness (QED) is 0.599. The van der Waals surface area contributed by atoms with Crippen molar-refractivity contribution in [3.05, 3.63) is 0 Å². The number of hydrogen-bond acceptors (Lipinski definition) is 2. The van der Waals surface area contributed by atoms with Gasteiger partial charge in [-0.25, -0.2) is 0 Å². The van der Waals surface area contributed by atoms with E-state index in [1.807, 2.05) is 0 Å². The molecule has 0 aliphatic rings. The predicted molar refractivity (Wildman–Crippen MR) is 31.7 cm³/mol. The van der Waals surface area contributed by atoms with Crippen molar-refractivity contribution < 1.29 is 17.9 Å². The minimum Gasteiger partial charge on any atom is -0.380 e. The summed E-state index contributed by atoms with van der Waals surface area (Å²) in [6.07, 6.45) is -4.97. The summed E-state index contributed by atoms with van der Waals surface area (Å²) >= 11 is 0. The van der Waals surface area contributed by atoms with Crippen molar-refractivity contribution in [3.63, 3.8) is 0 Å². The van der Waals surface area contributed by atoms with E-state index in [1.54, 1.807) is 6.07 Å². The fourth-order valence-corrected chi connectivity index (χ4v) is 0.408. The molecule has 0 saturated carbocycles. The molecule has 0 fully saturated rings. The van der Waals surface area contributed by atoms with Gasteiger partial charge in [0.25, 0.3) is 0 Å². The van der Waals surface area contributed by atoms with Crippen LogP contribution in [0.25, 0.3) is 0 Å². The highest BCUT2D eigenvalue weighted by Crippen LogP contribution is 2.18. The van der Waals surface area contributed by atoms with Gasteiger partial charge < -0.3 is 4.74 Å². The Labute approximate surface area is 62.6 Å². The first-order valence-corrected chi connectivity index (χ1v) is 3.08. The first-order valence-electron chi connectivity index (χ1n) is 3.08. The summed E-state index contributed by atoms with van der Waals surface area (Å²) in [6, 6.07) is 1.76. The molecule has 0 aromatic rings. The molecule has 0 heterocycles. The lowest BCUT2D eigenvalue weighted by atomic mass is 10.4. The smallest absolute Gasteiger partial charge is 0.380 e. The van der Waals surface area contributed by atoms with E-state index < -0.39 is 12.6 Å². The number of nitriles is 1. The van der Waals surface area contributed by atoms with Crippen LogP contribution in [0.5, 0.6) is 0 Å². The average Bonchev–Trinajstić information content (AvgIpc) is 1.85. The molecule has 0 saturated heterocycles. The second-order valence-electron chi connectivity index (χ2n) is 1.89. The molecule has 0 radical (unpaired) electrons. The first kappa shape index (κ1) is 10.2. The lowest BCUT2D eigenvalue weighted by Gasteiger charge is -2.04. The summed E-state index contributed by atoms with van der Waals surface area (Å²) in [5.41, 5.74) is 0. The molecular formula is C6H8F3NO. The summed E-state index contributed by atoms with van der Waals surface area (Å²) in [4.78, 5) is 0. The zero-order valence-corrected chi connectivity index (χ0v) is 5.82. The SMILES string of the molecule is N#CCCOCCC(F)(F)F. The Hall–Kier alpha value is -0.760. The topological polar surface area (TPSA) is 33.0 Å². The molecule has 64 valence electrons. The standard InChI is InChI=1S/C6H8F3NO/c7-6(8,9)2-5-11-4-1-3-10/h1-2,4-5H2. The minimum atomic E-state index is -4.16. The number of nitrogens with zero attached hydrogens (tertiary/aromatic N) is 1. The highest BCUT2D eigenvalue weighted by molar-refractivity contribution is 4.67. The Balaban J connectivity index is 3.10. The number of ether oxygens (including phenoxy) is 1. The van der Waals surface area contributed by atoms with Crippen molar-refractivity contribution in [1.82, 2.24) is 0 Å². The summed E-state index contributed by atoms with van der Waals surface area (Å²) in [6.45, 7) is -0.280. The van der Waals surface area contributed by atoms with Crippen LogP contribution in [0, 0.1) is 11.3 Å². The Bertz CT molecular complexity index is 138. The summed E-state index contributed by atoms with van der Waals surface area (Å²) in [5.74, 6) is 0. The van der Waals surface area contributed by atoms with Gasteiger partial charge >= 0.3 is 6.18 Å². The van der Waals surface area contributed by atoms with Crippen LogP contribution >= 0.6 is 0 Å². The Morgan fingerprint density at radius 2 is 1.91 bits per heavy atom. The first-order chi connectivity index (χ1) is 5.06. The van der Waals surface area contributed by atoms with Gasteiger partial charge in [0, 0.05) is 0 Å². The molecule has 0 spiro atoms. The van der Waals surface area contributed by atoms with Crippen LogP contribution in [0.3, 0.4) is 0 Å². The van der Waals surface area contributed by atoms with Crippen LogP contribution in [0.15, 0.2) is 0 Å². The summed E-state index contributed by atoms with van der Waals surface area (Å²) < 4.78 is 38.8. The van der Waals surface area contributed by atoms with Crippen molar-refractivity contribution in [3.8, 4) is 6.07 Å². The lowest BCUT2D eigenvalue weighted by Crippen LogP contribution is -2.11. The van der Waals surface area contributed by atoms with Gasteiger partial charge in [0.1, 0.15) is 0 Å². The number of halogens is 3. The van der Waals surface area contributed by atoms with Gasteiger partial charge in [0.2, 0.25) is 0 Å². The molecule has 2 nitrogen and oxygen atoms in total. The maximum absolute atomic E-state index is 11.4. The predicted octanol–water partition coefficient (Wildman–Crippen LogP) is 1.87.